The zero-order valence-corrected chi connectivity index (χ0v) is 15.5. The summed E-state index contributed by atoms with van der Waals surface area (Å²) in [5, 5.41) is 0. The lowest BCUT2D eigenvalue weighted by molar-refractivity contribution is -0.122. The van der Waals surface area contributed by atoms with Gasteiger partial charge in [-0.1, -0.05) is 60.4 Å². The Balaban J connectivity index is 1.83. The predicted molar refractivity (Wildman–Crippen MR) is 105 cm³/mol. The van der Waals surface area contributed by atoms with Gasteiger partial charge in [0.15, 0.2) is 11.5 Å². The summed E-state index contributed by atoms with van der Waals surface area (Å²) < 4.78 is 11.1. The monoisotopic (exact) mass is 371 g/mol. The van der Waals surface area contributed by atoms with Gasteiger partial charge in [0, 0.05) is 0 Å². The van der Waals surface area contributed by atoms with E-state index in [2.05, 4.69) is 0 Å². The largest absolute Gasteiger partial charge is 0.493 e. The quantitative estimate of drug-likeness (QED) is 0.584. The van der Waals surface area contributed by atoms with Gasteiger partial charge in [0.1, 0.15) is 4.32 Å². The summed E-state index contributed by atoms with van der Waals surface area (Å²) in [6.45, 7) is 0.481. The standard InChI is InChI=1S/C19H17NO3S2/c1-22-15-9-8-14(10-16(15)23-2)11-17-18(21)20(19(24)25-17)12-13-6-4-3-5-7-13/h3-11H,12H2,1-2H3. The number of hydrogen-bond donors (Lipinski definition) is 0. The van der Waals surface area contributed by atoms with E-state index in [9.17, 15) is 4.79 Å². The Hall–Kier alpha value is -2.31. The molecular formula is C19H17NO3S2. The minimum Gasteiger partial charge on any atom is -0.493 e. The van der Waals surface area contributed by atoms with E-state index in [4.69, 9.17) is 21.7 Å². The molecule has 2 aromatic rings. The van der Waals surface area contributed by atoms with Crippen LogP contribution < -0.4 is 9.47 Å². The lowest BCUT2D eigenvalue weighted by atomic mass is 10.1. The van der Waals surface area contributed by atoms with Crippen LogP contribution in [0.4, 0.5) is 0 Å². The highest BCUT2D eigenvalue weighted by molar-refractivity contribution is 8.26. The molecule has 1 aliphatic rings. The van der Waals surface area contributed by atoms with Crippen LogP contribution in [0, 0.1) is 0 Å². The smallest absolute Gasteiger partial charge is 0.266 e. The highest BCUT2D eigenvalue weighted by Crippen LogP contribution is 2.35. The van der Waals surface area contributed by atoms with Gasteiger partial charge >= 0.3 is 0 Å². The van der Waals surface area contributed by atoms with Crippen LogP contribution in [0.25, 0.3) is 6.08 Å². The molecule has 2 aromatic carbocycles. The van der Waals surface area contributed by atoms with Crippen molar-refractivity contribution in [2.24, 2.45) is 0 Å². The van der Waals surface area contributed by atoms with Crippen LogP contribution in [0.15, 0.2) is 53.4 Å². The molecule has 0 saturated carbocycles. The topological polar surface area (TPSA) is 38.8 Å². The fourth-order valence-electron chi connectivity index (χ4n) is 2.50. The van der Waals surface area contributed by atoms with Crippen LogP contribution >= 0.6 is 24.0 Å². The van der Waals surface area contributed by atoms with Crippen LogP contribution in [0.2, 0.25) is 0 Å². The van der Waals surface area contributed by atoms with Crippen molar-refractivity contribution in [1.29, 1.82) is 0 Å². The Kier molecular flexibility index (Phi) is 5.40. The first-order valence-corrected chi connectivity index (χ1v) is 8.86. The fourth-order valence-corrected chi connectivity index (χ4v) is 3.75. The number of ether oxygens (including phenoxy) is 2. The van der Waals surface area contributed by atoms with Gasteiger partial charge in [-0.3, -0.25) is 9.69 Å². The zero-order chi connectivity index (χ0) is 17.8. The molecule has 3 rings (SSSR count). The molecule has 0 N–H and O–H groups in total. The van der Waals surface area contributed by atoms with Gasteiger partial charge in [-0.15, -0.1) is 0 Å². The molecule has 1 aliphatic heterocycles. The summed E-state index contributed by atoms with van der Waals surface area (Å²) >= 11 is 6.70. The second-order valence-corrected chi connectivity index (χ2v) is 7.04. The molecule has 0 radical (unpaired) electrons. The van der Waals surface area contributed by atoms with Crippen LogP contribution in [0.5, 0.6) is 11.5 Å². The number of thiocarbonyl (C=S) groups is 1. The molecule has 0 bridgehead atoms. The molecule has 0 atom stereocenters. The Morgan fingerprint density at radius 2 is 1.80 bits per heavy atom. The van der Waals surface area contributed by atoms with E-state index in [1.165, 1.54) is 11.8 Å². The third-order valence-corrected chi connectivity index (χ3v) is 5.14. The summed E-state index contributed by atoms with van der Waals surface area (Å²) in [7, 11) is 3.17. The highest BCUT2D eigenvalue weighted by Gasteiger charge is 2.31. The van der Waals surface area contributed by atoms with Gasteiger partial charge < -0.3 is 9.47 Å². The first kappa shape index (κ1) is 17.5. The van der Waals surface area contributed by atoms with Crippen molar-refractivity contribution in [3.8, 4) is 11.5 Å². The lowest BCUT2D eigenvalue weighted by Gasteiger charge is -2.14. The van der Waals surface area contributed by atoms with E-state index < -0.39 is 0 Å². The maximum Gasteiger partial charge on any atom is 0.266 e. The third kappa shape index (κ3) is 3.86. The molecule has 0 aromatic heterocycles. The molecule has 1 heterocycles. The molecule has 1 amide bonds. The molecular weight excluding hydrogens is 354 g/mol. The Labute approximate surface area is 156 Å². The van der Waals surface area contributed by atoms with Crippen molar-refractivity contribution in [1.82, 2.24) is 4.90 Å². The van der Waals surface area contributed by atoms with Crippen molar-refractivity contribution >= 4 is 40.3 Å². The molecule has 0 spiro atoms. The van der Waals surface area contributed by atoms with Gasteiger partial charge in [-0.25, -0.2) is 0 Å². The van der Waals surface area contributed by atoms with Crippen molar-refractivity contribution in [2.75, 3.05) is 14.2 Å². The van der Waals surface area contributed by atoms with Gasteiger partial charge in [-0.2, -0.15) is 0 Å². The van der Waals surface area contributed by atoms with Crippen LogP contribution in [0.3, 0.4) is 0 Å². The minimum absolute atomic E-state index is 0.0753. The second kappa shape index (κ2) is 7.72. The maximum atomic E-state index is 12.7. The molecule has 1 saturated heterocycles. The number of nitrogens with zero attached hydrogens (tertiary/aromatic N) is 1. The Morgan fingerprint density at radius 1 is 1.08 bits per heavy atom. The van der Waals surface area contributed by atoms with Crippen LogP contribution in [-0.2, 0) is 11.3 Å². The maximum absolute atomic E-state index is 12.7. The molecule has 4 nitrogen and oxygen atoms in total. The van der Waals surface area contributed by atoms with Crippen molar-refractivity contribution in [3.63, 3.8) is 0 Å². The summed E-state index contributed by atoms with van der Waals surface area (Å²) in [6, 6.07) is 15.3. The molecule has 6 heteroatoms. The van der Waals surface area contributed by atoms with Crippen molar-refractivity contribution < 1.29 is 14.3 Å². The van der Waals surface area contributed by atoms with E-state index in [0.29, 0.717) is 27.3 Å². The number of benzene rings is 2. The highest BCUT2D eigenvalue weighted by atomic mass is 32.2. The van der Waals surface area contributed by atoms with Gasteiger partial charge in [-0.05, 0) is 29.3 Å². The molecule has 128 valence electrons. The average molecular weight is 371 g/mol. The Morgan fingerprint density at radius 3 is 2.48 bits per heavy atom. The molecule has 25 heavy (non-hydrogen) atoms. The minimum atomic E-state index is -0.0753. The number of thioether (sulfide) groups is 1. The number of carbonyl (C=O) groups is 1. The molecule has 0 aliphatic carbocycles. The van der Waals surface area contributed by atoms with Gasteiger partial charge in [0.05, 0.1) is 25.7 Å². The third-order valence-electron chi connectivity index (χ3n) is 3.76. The lowest BCUT2D eigenvalue weighted by Crippen LogP contribution is -2.27. The number of rotatable bonds is 5. The van der Waals surface area contributed by atoms with Crippen molar-refractivity contribution in [2.45, 2.75) is 6.54 Å². The van der Waals surface area contributed by atoms with E-state index >= 15 is 0 Å². The zero-order valence-electron chi connectivity index (χ0n) is 13.9. The second-order valence-electron chi connectivity index (χ2n) is 5.37. The van der Waals surface area contributed by atoms with Crippen LogP contribution in [0.1, 0.15) is 11.1 Å². The van der Waals surface area contributed by atoms with Crippen LogP contribution in [-0.4, -0.2) is 29.3 Å². The van der Waals surface area contributed by atoms with E-state index in [1.54, 1.807) is 19.1 Å². The summed E-state index contributed by atoms with van der Waals surface area (Å²) in [4.78, 5) is 14.9. The van der Waals surface area contributed by atoms with E-state index in [-0.39, 0.29) is 5.91 Å². The fraction of sp³-hybridized carbons (Fsp3) is 0.158. The Bertz CT molecular complexity index is 834. The normalized spacial score (nSPS) is 15.8. The van der Waals surface area contributed by atoms with E-state index in [1.807, 2.05) is 54.6 Å². The summed E-state index contributed by atoms with van der Waals surface area (Å²) in [5.74, 6) is 1.20. The van der Waals surface area contributed by atoms with Gasteiger partial charge in [0.25, 0.3) is 5.91 Å². The van der Waals surface area contributed by atoms with Gasteiger partial charge in [0.2, 0.25) is 0 Å². The first-order valence-electron chi connectivity index (χ1n) is 7.63. The van der Waals surface area contributed by atoms with E-state index in [0.717, 1.165) is 11.1 Å². The predicted octanol–water partition coefficient (Wildman–Crippen LogP) is 4.11. The van der Waals surface area contributed by atoms with Crippen molar-refractivity contribution in [3.05, 3.63) is 64.6 Å². The number of methoxy groups -OCH3 is 2. The molecule has 0 unspecified atom stereocenters. The number of hydrogen-bond acceptors (Lipinski definition) is 5. The SMILES string of the molecule is COc1ccc(C=C2SC(=S)N(Cc3ccccc3)C2=O)cc1OC. The summed E-state index contributed by atoms with van der Waals surface area (Å²) in [6.07, 6.45) is 1.83. The first-order chi connectivity index (χ1) is 12.1. The number of amides is 1. The summed E-state index contributed by atoms with van der Waals surface area (Å²) in [5.41, 5.74) is 1.91. The number of carbonyl (C=O) groups excluding carboxylic acids is 1. The molecule has 1 fully saturated rings. The average Bonchev–Trinajstić information content (AvgIpc) is 2.90.